The molecular weight excluding hydrogens is 220 g/mol. The number of hydrogen-bond acceptors (Lipinski definition) is 2. The first kappa shape index (κ1) is 16.0. The molecule has 0 saturated carbocycles. The van der Waals surface area contributed by atoms with E-state index in [1.807, 2.05) is 0 Å². The second-order valence-corrected chi connectivity index (χ2v) is 6.10. The molecule has 1 rings (SSSR count). The summed E-state index contributed by atoms with van der Waals surface area (Å²) in [6.45, 7) is 10.4. The summed E-state index contributed by atoms with van der Waals surface area (Å²) in [6.07, 6.45) is 9.49. The molecule has 2 nitrogen and oxygen atoms in total. The monoisotopic (exact) mass is 254 g/mol. The van der Waals surface area contributed by atoms with Gasteiger partial charge in [0.25, 0.3) is 0 Å². The van der Waals surface area contributed by atoms with Crippen LogP contribution in [0.25, 0.3) is 0 Å². The molecule has 3 unspecified atom stereocenters. The lowest BCUT2D eigenvalue weighted by Crippen LogP contribution is -2.48. The van der Waals surface area contributed by atoms with Gasteiger partial charge in [0.2, 0.25) is 0 Å². The molecule has 0 aromatic rings. The van der Waals surface area contributed by atoms with Gasteiger partial charge in [0, 0.05) is 19.1 Å². The number of likely N-dealkylation sites (tertiary alicyclic amines) is 1. The van der Waals surface area contributed by atoms with E-state index in [2.05, 4.69) is 25.7 Å². The highest BCUT2D eigenvalue weighted by Crippen LogP contribution is 2.26. The van der Waals surface area contributed by atoms with Gasteiger partial charge in [-0.2, -0.15) is 0 Å². The van der Waals surface area contributed by atoms with Crippen LogP contribution in [-0.4, -0.2) is 30.6 Å². The van der Waals surface area contributed by atoms with Crippen LogP contribution in [0.4, 0.5) is 0 Å². The Bertz CT molecular complexity index is 205. The summed E-state index contributed by atoms with van der Waals surface area (Å²) in [5.41, 5.74) is 5.99. The van der Waals surface area contributed by atoms with Crippen molar-refractivity contribution in [2.24, 2.45) is 17.6 Å². The fourth-order valence-electron chi connectivity index (χ4n) is 3.29. The fourth-order valence-corrected chi connectivity index (χ4v) is 3.29. The van der Waals surface area contributed by atoms with Crippen molar-refractivity contribution in [1.82, 2.24) is 4.90 Å². The topological polar surface area (TPSA) is 29.3 Å². The number of unbranched alkanes of at least 4 members (excludes halogenated alkanes) is 1. The average molecular weight is 254 g/mol. The standard InChI is InChI=1S/C16H34N2/c1-4-7-8-15(6-3)13-18-10-9-14(5-2)11-16(18)12-17/h14-16H,4-13,17H2,1-3H3. The van der Waals surface area contributed by atoms with E-state index in [9.17, 15) is 0 Å². The molecule has 0 aliphatic carbocycles. The van der Waals surface area contributed by atoms with Crippen LogP contribution in [0.1, 0.15) is 65.7 Å². The number of nitrogens with zero attached hydrogens (tertiary/aromatic N) is 1. The summed E-state index contributed by atoms with van der Waals surface area (Å²) in [5.74, 6) is 1.81. The number of rotatable bonds is 8. The summed E-state index contributed by atoms with van der Waals surface area (Å²) < 4.78 is 0. The van der Waals surface area contributed by atoms with Gasteiger partial charge in [-0.1, -0.05) is 46.5 Å². The smallest absolute Gasteiger partial charge is 0.0221 e. The van der Waals surface area contributed by atoms with Crippen LogP contribution >= 0.6 is 0 Å². The van der Waals surface area contributed by atoms with Gasteiger partial charge in [-0.3, -0.25) is 4.90 Å². The van der Waals surface area contributed by atoms with Gasteiger partial charge in [0.1, 0.15) is 0 Å². The lowest BCUT2D eigenvalue weighted by Gasteiger charge is -2.40. The first-order valence-corrected chi connectivity index (χ1v) is 8.19. The van der Waals surface area contributed by atoms with Crippen LogP contribution in [0.2, 0.25) is 0 Å². The molecule has 2 heteroatoms. The summed E-state index contributed by atoms with van der Waals surface area (Å²) in [4.78, 5) is 2.69. The van der Waals surface area contributed by atoms with E-state index in [-0.39, 0.29) is 0 Å². The van der Waals surface area contributed by atoms with Crippen molar-refractivity contribution in [3.8, 4) is 0 Å². The Morgan fingerprint density at radius 2 is 2.06 bits per heavy atom. The molecule has 1 heterocycles. The van der Waals surface area contributed by atoms with Crippen molar-refractivity contribution in [3.05, 3.63) is 0 Å². The predicted molar refractivity (Wildman–Crippen MR) is 80.7 cm³/mol. The maximum Gasteiger partial charge on any atom is 0.0221 e. The van der Waals surface area contributed by atoms with Crippen molar-refractivity contribution in [1.29, 1.82) is 0 Å². The molecular formula is C16H34N2. The van der Waals surface area contributed by atoms with E-state index in [1.165, 1.54) is 58.0 Å². The largest absolute Gasteiger partial charge is 0.329 e. The second kappa shape index (κ2) is 8.92. The Balaban J connectivity index is 2.43. The summed E-state index contributed by atoms with van der Waals surface area (Å²) in [5, 5.41) is 0. The molecule has 0 amide bonds. The van der Waals surface area contributed by atoms with E-state index >= 15 is 0 Å². The Hall–Kier alpha value is -0.0800. The van der Waals surface area contributed by atoms with Gasteiger partial charge in [0.15, 0.2) is 0 Å². The Morgan fingerprint density at radius 1 is 1.28 bits per heavy atom. The molecule has 108 valence electrons. The highest BCUT2D eigenvalue weighted by Gasteiger charge is 2.27. The summed E-state index contributed by atoms with van der Waals surface area (Å²) in [7, 11) is 0. The molecule has 0 aromatic carbocycles. The van der Waals surface area contributed by atoms with Crippen LogP contribution in [0.3, 0.4) is 0 Å². The average Bonchev–Trinajstić information content (AvgIpc) is 2.43. The minimum Gasteiger partial charge on any atom is -0.329 e. The number of piperidine rings is 1. The van der Waals surface area contributed by atoms with Crippen molar-refractivity contribution in [3.63, 3.8) is 0 Å². The van der Waals surface area contributed by atoms with Crippen molar-refractivity contribution in [2.45, 2.75) is 71.8 Å². The molecule has 0 aromatic heterocycles. The van der Waals surface area contributed by atoms with Crippen LogP contribution in [0.5, 0.6) is 0 Å². The lowest BCUT2D eigenvalue weighted by atomic mass is 9.87. The maximum absolute atomic E-state index is 5.99. The van der Waals surface area contributed by atoms with E-state index in [0.717, 1.165) is 18.4 Å². The van der Waals surface area contributed by atoms with Crippen LogP contribution in [0.15, 0.2) is 0 Å². The van der Waals surface area contributed by atoms with Crippen molar-refractivity contribution < 1.29 is 0 Å². The summed E-state index contributed by atoms with van der Waals surface area (Å²) >= 11 is 0. The van der Waals surface area contributed by atoms with Gasteiger partial charge in [-0.15, -0.1) is 0 Å². The van der Waals surface area contributed by atoms with E-state index in [4.69, 9.17) is 5.73 Å². The van der Waals surface area contributed by atoms with Crippen molar-refractivity contribution in [2.75, 3.05) is 19.6 Å². The predicted octanol–water partition coefficient (Wildman–Crippen LogP) is 3.65. The lowest BCUT2D eigenvalue weighted by molar-refractivity contribution is 0.0933. The van der Waals surface area contributed by atoms with Crippen LogP contribution in [-0.2, 0) is 0 Å². The van der Waals surface area contributed by atoms with Gasteiger partial charge in [-0.25, -0.2) is 0 Å². The normalized spacial score (nSPS) is 27.3. The Kier molecular flexibility index (Phi) is 7.92. The van der Waals surface area contributed by atoms with Crippen LogP contribution < -0.4 is 5.73 Å². The molecule has 1 aliphatic heterocycles. The van der Waals surface area contributed by atoms with Gasteiger partial charge >= 0.3 is 0 Å². The quantitative estimate of drug-likeness (QED) is 0.716. The first-order valence-electron chi connectivity index (χ1n) is 8.19. The zero-order chi connectivity index (χ0) is 13.4. The minimum absolute atomic E-state index is 0.652. The molecule has 0 spiro atoms. The van der Waals surface area contributed by atoms with E-state index < -0.39 is 0 Å². The summed E-state index contributed by atoms with van der Waals surface area (Å²) in [6, 6.07) is 0.652. The first-order chi connectivity index (χ1) is 8.74. The molecule has 1 saturated heterocycles. The molecule has 0 bridgehead atoms. The molecule has 0 radical (unpaired) electrons. The molecule has 18 heavy (non-hydrogen) atoms. The zero-order valence-electron chi connectivity index (χ0n) is 12.8. The van der Waals surface area contributed by atoms with E-state index in [1.54, 1.807) is 0 Å². The number of nitrogens with two attached hydrogens (primary N) is 1. The number of hydrogen-bond donors (Lipinski definition) is 1. The Labute approximate surface area is 114 Å². The van der Waals surface area contributed by atoms with Gasteiger partial charge < -0.3 is 5.73 Å². The van der Waals surface area contributed by atoms with Crippen LogP contribution in [0, 0.1) is 11.8 Å². The molecule has 3 atom stereocenters. The zero-order valence-corrected chi connectivity index (χ0v) is 12.8. The third-order valence-electron chi connectivity index (χ3n) is 4.83. The third-order valence-corrected chi connectivity index (χ3v) is 4.83. The van der Waals surface area contributed by atoms with Gasteiger partial charge in [-0.05, 0) is 37.6 Å². The second-order valence-electron chi connectivity index (χ2n) is 6.10. The Morgan fingerprint density at radius 3 is 2.61 bits per heavy atom. The molecule has 1 aliphatic rings. The SMILES string of the molecule is CCCCC(CC)CN1CCC(CC)CC1CN. The van der Waals surface area contributed by atoms with Crippen molar-refractivity contribution >= 4 is 0 Å². The highest BCUT2D eigenvalue weighted by atomic mass is 15.2. The fraction of sp³-hybridized carbons (Fsp3) is 1.00. The third kappa shape index (κ3) is 4.89. The highest BCUT2D eigenvalue weighted by molar-refractivity contribution is 4.83. The molecule has 2 N–H and O–H groups in total. The molecule has 1 fully saturated rings. The maximum atomic E-state index is 5.99. The van der Waals surface area contributed by atoms with Gasteiger partial charge in [0.05, 0.1) is 0 Å². The van der Waals surface area contributed by atoms with E-state index in [0.29, 0.717) is 6.04 Å². The minimum atomic E-state index is 0.652.